The van der Waals surface area contributed by atoms with Crippen molar-refractivity contribution in [2.75, 3.05) is 11.9 Å². The molecule has 0 spiro atoms. The van der Waals surface area contributed by atoms with Gasteiger partial charge in [-0.2, -0.15) is 0 Å². The molecule has 1 aromatic heterocycles. The number of nitrogens with one attached hydrogen (secondary N) is 2. The van der Waals surface area contributed by atoms with Crippen LogP contribution in [0.4, 0.5) is 5.00 Å². The number of anilines is 1. The number of carbonyl (C=O) groups is 2. The number of nitrogen functional groups attached to an aromatic ring is 1. The second kappa shape index (κ2) is 7.55. The highest BCUT2D eigenvalue weighted by Crippen LogP contribution is 2.32. The average Bonchev–Trinajstić information content (AvgIpc) is 2.92. The molecule has 0 saturated heterocycles. The van der Waals surface area contributed by atoms with E-state index in [0.717, 1.165) is 21.2 Å². The van der Waals surface area contributed by atoms with Crippen molar-refractivity contribution in [2.24, 2.45) is 5.84 Å². The number of carbonyl (C=O) groups excluding carboxylic acids is 2. The Morgan fingerprint density at radius 2 is 1.85 bits per heavy atom. The predicted octanol–water partition coefficient (Wildman–Crippen LogP) is 3.14. The molecule has 1 heterocycles. The smallest absolute Gasteiger partial charge is 0.268 e. The summed E-state index contributed by atoms with van der Waals surface area (Å²) in [6.07, 6.45) is 0. The summed E-state index contributed by atoms with van der Waals surface area (Å²) < 4.78 is 5.58. The van der Waals surface area contributed by atoms with Gasteiger partial charge < -0.3 is 10.1 Å². The van der Waals surface area contributed by atoms with E-state index in [2.05, 4.69) is 10.7 Å². The first-order valence-electron chi connectivity index (χ1n) is 8.02. The number of ether oxygens (including phenoxy) is 1. The highest BCUT2D eigenvalue weighted by molar-refractivity contribution is 7.16. The molecule has 6 nitrogen and oxygen atoms in total. The zero-order chi connectivity index (χ0) is 18.7. The Morgan fingerprint density at radius 1 is 1.12 bits per heavy atom. The number of hydrogen-bond acceptors (Lipinski definition) is 5. The fourth-order valence-corrected chi connectivity index (χ4v) is 3.70. The molecule has 0 aliphatic carbocycles. The maximum absolute atomic E-state index is 12.2. The zero-order valence-corrected chi connectivity index (χ0v) is 15.3. The third-order valence-electron chi connectivity index (χ3n) is 4.09. The van der Waals surface area contributed by atoms with Crippen molar-refractivity contribution < 1.29 is 14.3 Å². The number of amides is 2. The quantitative estimate of drug-likeness (QED) is 0.366. The first-order valence-corrected chi connectivity index (χ1v) is 8.83. The van der Waals surface area contributed by atoms with E-state index in [9.17, 15) is 9.59 Å². The molecule has 7 heteroatoms. The summed E-state index contributed by atoms with van der Waals surface area (Å²) in [5.41, 5.74) is 3.29. The first kappa shape index (κ1) is 17.9. The molecule has 3 rings (SSSR count). The molecule has 0 fully saturated rings. The monoisotopic (exact) mass is 369 g/mol. The number of rotatable bonds is 5. The average molecular weight is 369 g/mol. The lowest BCUT2D eigenvalue weighted by Gasteiger charge is -2.09. The number of hydrazine groups is 1. The molecule has 0 aliphatic heterocycles. The summed E-state index contributed by atoms with van der Waals surface area (Å²) in [4.78, 5) is 25.1. The van der Waals surface area contributed by atoms with Crippen LogP contribution in [-0.4, -0.2) is 18.4 Å². The lowest BCUT2D eigenvalue weighted by atomic mass is 10.1. The Kier molecular flexibility index (Phi) is 5.20. The first-order chi connectivity index (χ1) is 12.5. The maximum atomic E-state index is 12.2. The van der Waals surface area contributed by atoms with Crippen molar-refractivity contribution in [2.45, 2.75) is 13.8 Å². The zero-order valence-electron chi connectivity index (χ0n) is 14.5. The van der Waals surface area contributed by atoms with Gasteiger partial charge in [0, 0.05) is 4.88 Å². The predicted molar refractivity (Wildman–Crippen MR) is 104 cm³/mol. The molecule has 3 aromatic rings. The van der Waals surface area contributed by atoms with Crippen LogP contribution in [0.15, 0.2) is 42.5 Å². The molecule has 0 radical (unpaired) electrons. The van der Waals surface area contributed by atoms with Crippen LogP contribution in [0.2, 0.25) is 0 Å². The van der Waals surface area contributed by atoms with Crippen molar-refractivity contribution in [1.29, 1.82) is 0 Å². The Morgan fingerprint density at radius 3 is 2.58 bits per heavy atom. The fraction of sp³-hybridized carbons (Fsp3) is 0.158. The molecule has 2 amide bonds. The van der Waals surface area contributed by atoms with Gasteiger partial charge >= 0.3 is 0 Å². The lowest BCUT2D eigenvalue weighted by molar-refractivity contribution is -0.118. The summed E-state index contributed by atoms with van der Waals surface area (Å²) in [5.74, 6) is 5.06. The van der Waals surface area contributed by atoms with Crippen molar-refractivity contribution in [1.82, 2.24) is 5.43 Å². The van der Waals surface area contributed by atoms with Gasteiger partial charge in [-0.1, -0.05) is 30.3 Å². The number of fused-ring (bicyclic) bond motifs is 1. The van der Waals surface area contributed by atoms with E-state index in [0.29, 0.717) is 16.3 Å². The van der Waals surface area contributed by atoms with Crippen LogP contribution in [0.5, 0.6) is 5.75 Å². The molecule has 0 aliphatic rings. The Balaban J connectivity index is 1.69. The van der Waals surface area contributed by atoms with E-state index in [4.69, 9.17) is 10.6 Å². The van der Waals surface area contributed by atoms with Gasteiger partial charge in [0.2, 0.25) is 0 Å². The molecular formula is C19H19N3O3S. The molecule has 134 valence electrons. The SMILES string of the molecule is Cc1sc(NC(=O)COc2ccc3ccccc3c2)c(C(=O)NN)c1C. The van der Waals surface area contributed by atoms with E-state index in [1.807, 2.05) is 56.3 Å². The number of hydrogen-bond donors (Lipinski definition) is 3. The highest BCUT2D eigenvalue weighted by Gasteiger charge is 2.20. The molecular weight excluding hydrogens is 350 g/mol. The van der Waals surface area contributed by atoms with Gasteiger partial charge in [0.15, 0.2) is 6.61 Å². The number of aryl methyl sites for hydroxylation is 1. The lowest BCUT2D eigenvalue weighted by Crippen LogP contribution is -2.31. The molecule has 2 aromatic carbocycles. The van der Waals surface area contributed by atoms with Gasteiger partial charge in [-0.15, -0.1) is 11.3 Å². The van der Waals surface area contributed by atoms with E-state index < -0.39 is 5.91 Å². The van der Waals surface area contributed by atoms with Crippen molar-refractivity contribution in [3.8, 4) is 5.75 Å². The summed E-state index contributed by atoms with van der Waals surface area (Å²) in [6, 6.07) is 13.6. The normalized spacial score (nSPS) is 10.6. The molecule has 4 N–H and O–H groups in total. The topological polar surface area (TPSA) is 93.4 Å². The minimum atomic E-state index is -0.433. The van der Waals surface area contributed by atoms with Crippen LogP contribution < -0.4 is 21.3 Å². The van der Waals surface area contributed by atoms with Gasteiger partial charge in [0.1, 0.15) is 10.8 Å². The number of benzene rings is 2. The Labute approximate surface area is 154 Å². The molecule has 0 atom stereocenters. The largest absolute Gasteiger partial charge is 0.484 e. The minimum absolute atomic E-state index is 0.155. The number of nitrogens with two attached hydrogens (primary N) is 1. The number of thiophene rings is 1. The van der Waals surface area contributed by atoms with Crippen LogP contribution in [-0.2, 0) is 4.79 Å². The van der Waals surface area contributed by atoms with Crippen molar-refractivity contribution in [3.63, 3.8) is 0 Å². The standard InChI is InChI=1S/C19H19N3O3S/c1-11-12(2)26-19(17(11)18(24)22-20)21-16(23)10-25-15-8-7-13-5-3-4-6-14(13)9-15/h3-9H,10,20H2,1-2H3,(H,21,23)(H,22,24). The van der Waals surface area contributed by atoms with Gasteiger partial charge in [-0.3, -0.25) is 15.0 Å². The van der Waals surface area contributed by atoms with Crippen molar-refractivity contribution >= 4 is 38.9 Å². The van der Waals surface area contributed by atoms with E-state index in [-0.39, 0.29) is 12.5 Å². The molecule has 0 bridgehead atoms. The van der Waals surface area contributed by atoms with Crippen LogP contribution in [0.3, 0.4) is 0 Å². The third-order valence-corrected chi connectivity index (χ3v) is 5.21. The summed E-state index contributed by atoms with van der Waals surface area (Å²) in [5, 5.41) is 5.34. The molecule has 26 heavy (non-hydrogen) atoms. The van der Waals surface area contributed by atoms with Gasteiger partial charge in [0.05, 0.1) is 5.56 Å². The van der Waals surface area contributed by atoms with Crippen LogP contribution >= 0.6 is 11.3 Å². The van der Waals surface area contributed by atoms with E-state index in [1.54, 1.807) is 0 Å². The van der Waals surface area contributed by atoms with Gasteiger partial charge in [-0.25, -0.2) is 5.84 Å². The second-order valence-corrected chi connectivity index (χ2v) is 7.03. The Bertz CT molecular complexity index is 981. The van der Waals surface area contributed by atoms with Crippen LogP contribution in [0.1, 0.15) is 20.8 Å². The van der Waals surface area contributed by atoms with E-state index in [1.165, 1.54) is 11.3 Å². The van der Waals surface area contributed by atoms with Gasteiger partial charge in [-0.05, 0) is 42.3 Å². The third kappa shape index (κ3) is 3.68. The Hall–Kier alpha value is -2.90. The summed E-state index contributed by atoms with van der Waals surface area (Å²) >= 11 is 1.33. The van der Waals surface area contributed by atoms with Gasteiger partial charge in [0.25, 0.3) is 11.8 Å². The van der Waals surface area contributed by atoms with Crippen LogP contribution in [0, 0.1) is 13.8 Å². The van der Waals surface area contributed by atoms with E-state index >= 15 is 0 Å². The maximum Gasteiger partial charge on any atom is 0.268 e. The van der Waals surface area contributed by atoms with Crippen molar-refractivity contribution in [3.05, 3.63) is 58.5 Å². The summed E-state index contributed by atoms with van der Waals surface area (Å²) in [6.45, 7) is 3.55. The van der Waals surface area contributed by atoms with Crippen LogP contribution in [0.25, 0.3) is 10.8 Å². The highest BCUT2D eigenvalue weighted by atomic mass is 32.1. The second-order valence-electron chi connectivity index (χ2n) is 5.81. The minimum Gasteiger partial charge on any atom is -0.484 e. The fourth-order valence-electron chi connectivity index (χ4n) is 2.63. The summed E-state index contributed by atoms with van der Waals surface area (Å²) in [7, 11) is 0. The molecule has 0 saturated carbocycles. The molecule has 0 unspecified atom stereocenters.